The van der Waals surface area contributed by atoms with Crippen LogP contribution in [0.2, 0.25) is 0 Å². The van der Waals surface area contributed by atoms with Crippen LogP contribution in [0.5, 0.6) is 5.75 Å². The first-order valence-corrected chi connectivity index (χ1v) is 8.26. The second-order valence-electron chi connectivity index (χ2n) is 5.95. The van der Waals surface area contributed by atoms with E-state index in [1.807, 2.05) is 44.2 Å². The molecule has 0 aliphatic carbocycles. The maximum atomic E-state index is 12.7. The Morgan fingerprint density at radius 1 is 1.12 bits per heavy atom. The van der Waals surface area contributed by atoms with Gasteiger partial charge in [0.15, 0.2) is 0 Å². The first kappa shape index (κ1) is 18.5. The molecule has 2 amide bonds. The molecule has 25 heavy (non-hydrogen) atoms. The zero-order chi connectivity index (χ0) is 18.4. The molecule has 2 rings (SSSR count). The summed E-state index contributed by atoms with van der Waals surface area (Å²) < 4.78 is 5.42. The van der Waals surface area contributed by atoms with Gasteiger partial charge in [-0.05, 0) is 49.2 Å². The van der Waals surface area contributed by atoms with Gasteiger partial charge in [-0.2, -0.15) is 0 Å². The van der Waals surface area contributed by atoms with E-state index in [0.29, 0.717) is 24.4 Å². The summed E-state index contributed by atoms with van der Waals surface area (Å²) in [7, 11) is 1.76. The quantitative estimate of drug-likeness (QED) is 0.874. The molecule has 2 aromatic carbocycles. The number of hydrogen-bond acceptors (Lipinski definition) is 3. The van der Waals surface area contributed by atoms with E-state index in [9.17, 15) is 9.59 Å². The van der Waals surface area contributed by atoms with Gasteiger partial charge < -0.3 is 15.0 Å². The van der Waals surface area contributed by atoms with Crippen LogP contribution in [0.4, 0.5) is 5.69 Å². The smallest absolute Gasteiger partial charge is 0.253 e. The highest BCUT2D eigenvalue weighted by molar-refractivity contribution is 5.97. The first-order valence-electron chi connectivity index (χ1n) is 8.26. The molecule has 0 saturated heterocycles. The fraction of sp³-hybridized carbons (Fsp3) is 0.300. The summed E-state index contributed by atoms with van der Waals surface area (Å²) >= 11 is 0. The first-order chi connectivity index (χ1) is 11.9. The largest absolute Gasteiger partial charge is 0.494 e. The van der Waals surface area contributed by atoms with E-state index < -0.39 is 0 Å². The van der Waals surface area contributed by atoms with E-state index in [1.54, 1.807) is 24.1 Å². The number of carbonyl (C=O) groups excluding carboxylic acids is 2. The Kier molecular flexibility index (Phi) is 6.17. The average Bonchev–Trinajstić information content (AvgIpc) is 2.58. The minimum atomic E-state index is -0.157. The Hall–Kier alpha value is -2.82. The Bertz CT molecular complexity index is 754. The fourth-order valence-corrected chi connectivity index (χ4v) is 2.50. The van der Waals surface area contributed by atoms with Crippen molar-refractivity contribution < 1.29 is 14.3 Å². The minimum absolute atomic E-state index is 0.0968. The molecule has 0 aliphatic heterocycles. The summed E-state index contributed by atoms with van der Waals surface area (Å²) in [6.45, 7) is 6.41. The Morgan fingerprint density at radius 2 is 1.80 bits per heavy atom. The predicted molar refractivity (Wildman–Crippen MR) is 98.9 cm³/mol. The van der Waals surface area contributed by atoms with Crippen LogP contribution in [0, 0.1) is 6.92 Å². The Balaban J connectivity index is 2.10. The van der Waals surface area contributed by atoms with E-state index in [1.165, 1.54) is 6.92 Å². The van der Waals surface area contributed by atoms with Crippen molar-refractivity contribution in [1.82, 2.24) is 4.90 Å². The van der Waals surface area contributed by atoms with Crippen molar-refractivity contribution in [2.75, 3.05) is 19.0 Å². The lowest BCUT2D eigenvalue weighted by Crippen LogP contribution is -2.26. The number of anilines is 1. The summed E-state index contributed by atoms with van der Waals surface area (Å²) in [5.41, 5.74) is 3.14. The number of carbonyl (C=O) groups is 2. The second kappa shape index (κ2) is 8.33. The number of aryl methyl sites for hydroxylation is 1. The van der Waals surface area contributed by atoms with Crippen LogP contribution in [0.3, 0.4) is 0 Å². The third kappa shape index (κ3) is 5.08. The number of amides is 2. The van der Waals surface area contributed by atoms with Crippen molar-refractivity contribution in [3.63, 3.8) is 0 Å². The predicted octanol–water partition coefficient (Wildman–Crippen LogP) is 3.62. The van der Waals surface area contributed by atoms with Crippen molar-refractivity contribution in [2.24, 2.45) is 0 Å². The molecule has 0 aliphatic rings. The molecule has 0 spiro atoms. The van der Waals surface area contributed by atoms with Crippen molar-refractivity contribution in [1.29, 1.82) is 0 Å². The third-order valence-electron chi connectivity index (χ3n) is 3.80. The Morgan fingerprint density at radius 3 is 2.40 bits per heavy atom. The average molecular weight is 340 g/mol. The molecule has 0 unspecified atom stereocenters. The van der Waals surface area contributed by atoms with Crippen molar-refractivity contribution >= 4 is 17.5 Å². The van der Waals surface area contributed by atoms with E-state index in [4.69, 9.17) is 4.74 Å². The van der Waals surface area contributed by atoms with Crippen LogP contribution in [0.15, 0.2) is 42.5 Å². The number of rotatable bonds is 6. The highest BCUT2D eigenvalue weighted by Crippen LogP contribution is 2.19. The molecular weight excluding hydrogens is 316 g/mol. The van der Waals surface area contributed by atoms with Crippen LogP contribution in [-0.4, -0.2) is 30.4 Å². The Labute approximate surface area is 148 Å². The molecule has 5 nitrogen and oxygen atoms in total. The van der Waals surface area contributed by atoms with E-state index in [0.717, 1.165) is 16.9 Å². The standard InChI is InChI=1S/C20H24N2O3/c1-5-25-18-10-7-16(8-11-18)13-22(4)20(24)17-9-6-14(2)19(12-17)21-15(3)23/h6-12H,5,13H2,1-4H3,(H,21,23). The van der Waals surface area contributed by atoms with Crippen LogP contribution in [0.25, 0.3) is 0 Å². The number of benzene rings is 2. The van der Waals surface area contributed by atoms with Crippen LogP contribution < -0.4 is 10.1 Å². The van der Waals surface area contributed by atoms with Gasteiger partial charge in [0, 0.05) is 31.8 Å². The van der Waals surface area contributed by atoms with Gasteiger partial charge >= 0.3 is 0 Å². The van der Waals surface area contributed by atoms with E-state index in [-0.39, 0.29) is 11.8 Å². The maximum absolute atomic E-state index is 12.7. The third-order valence-corrected chi connectivity index (χ3v) is 3.80. The normalized spacial score (nSPS) is 10.2. The lowest BCUT2D eigenvalue weighted by molar-refractivity contribution is -0.114. The number of nitrogens with one attached hydrogen (secondary N) is 1. The molecule has 0 atom stereocenters. The number of ether oxygens (including phenoxy) is 1. The summed E-state index contributed by atoms with van der Waals surface area (Å²) in [5.74, 6) is 0.564. The van der Waals surface area contributed by atoms with Crippen LogP contribution in [0.1, 0.15) is 35.3 Å². The molecule has 0 aromatic heterocycles. The molecule has 0 heterocycles. The van der Waals surface area contributed by atoms with Crippen molar-refractivity contribution in [3.05, 3.63) is 59.2 Å². The highest BCUT2D eigenvalue weighted by atomic mass is 16.5. The van der Waals surface area contributed by atoms with Gasteiger partial charge in [-0.1, -0.05) is 18.2 Å². The molecule has 1 N–H and O–H groups in total. The molecule has 0 saturated carbocycles. The summed E-state index contributed by atoms with van der Waals surface area (Å²) in [4.78, 5) is 25.6. The fourth-order valence-electron chi connectivity index (χ4n) is 2.50. The van der Waals surface area contributed by atoms with Gasteiger partial charge in [0.2, 0.25) is 5.91 Å². The van der Waals surface area contributed by atoms with Crippen molar-refractivity contribution in [3.8, 4) is 5.75 Å². The number of hydrogen-bond donors (Lipinski definition) is 1. The van der Waals surface area contributed by atoms with Gasteiger partial charge in [-0.25, -0.2) is 0 Å². The van der Waals surface area contributed by atoms with E-state index in [2.05, 4.69) is 5.32 Å². The molecule has 2 aromatic rings. The summed E-state index contributed by atoms with van der Waals surface area (Å²) in [6, 6.07) is 13.0. The minimum Gasteiger partial charge on any atom is -0.494 e. The molecule has 0 fully saturated rings. The molecule has 0 bridgehead atoms. The van der Waals surface area contributed by atoms with E-state index >= 15 is 0 Å². The molecule has 132 valence electrons. The van der Waals surface area contributed by atoms with Gasteiger partial charge in [-0.15, -0.1) is 0 Å². The summed E-state index contributed by atoms with van der Waals surface area (Å²) in [6.07, 6.45) is 0. The molecule has 0 radical (unpaired) electrons. The second-order valence-corrected chi connectivity index (χ2v) is 5.95. The SMILES string of the molecule is CCOc1ccc(CN(C)C(=O)c2ccc(C)c(NC(C)=O)c2)cc1. The van der Waals surface area contributed by atoms with Crippen LogP contribution >= 0.6 is 0 Å². The molecular formula is C20H24N2O3. The molecule has 5 heteroatoms. The summed E-state index contributed by atoms with van der Waals surface area (Å²) in [5, 5.41) is 2.75. The zero-order valence-electron chi connectivity index (χ0n) is 15.1. The van der Waals surface area contributed by atoms with Gasteiger partial charge in [0.1, 0.15) is 5.75 Å². The van der Waals surface area contributed by atoms with Gasteiger partial charge in [-0.3, -0.25) is 9.59 Å². The lowest BCUT2D eigenvalue weighted by Gasteiger charge is -2.18. The lowest BCUT2D eigenvalue weighted by atomic mass is 10.1. The van der Waals surface area contributed by atoms with Gasteiger partial charge in [0.25, 0.3) is 5.91 Å². The van der Waals surface area contributed by atoms with Gasteiger partial charge in [0.05, 0.1) is 6.61 Å². The maximum Gasteiger partial charge on any atom is 0.253 e. The highest BCUT2D eigenvalue weighted by Gasteiger charge is 2.14. The van der Waals surface area contributed by atoms with Crippen LogP contribution in [-0.2, 0) is 11.3 Å². The topological polar surface area (TPSA) is 58.6 Å². The monoisotopic (exact) mass is 340 g/mol. The number of nitrogens with zero attached hydrogens (tertiary/aromatic N) is 1. The zero-order valence-corrected chi connectivity index (χ0v) is 15.1. The van der Waals surface area contributed by atoms with Crippen molar-refractivity contribution in [2.45, 2.75) is 27.3 Å².